The van der Waals surface area contributed by atoms with E-state index in [4.69, 9.17) is 4.89 Å². The van der Waals surface area contributed by atoms with Gasteiger partial charge in [0.2, 0.25) is 0 Å². The lowest BCUT2D eigenvalue weighted by atomic mass is 9.47. The van der Waals surface area contributed by atoms with Gasteiger partial charge in [0, 0.05) is 0 Å². The zero-order valence-electron chi connectivity index (χ0n) is 21.3. The van der Waals surface area contributed by atoms with Gasteiger partial charge in [-0.25, -0.2) is 4.89 Å². The molecule has 0 aromatic rings. The summed E-state index contributed by atoms with van der Waals surface area (Å²) in [4.78, 5) is 4.99. The lowest BCUT2D eigenvalue weighted by Gasteiger charge is -2.57. The SMILES string of the molecule is C=CC(CCC(C)C1CCC2C3=CCC4CC(O)CCC4(C)C3CCC21C)(OO)C(C)C. The molecule has 182 valence electrons. The van der Waals surface area contributed by atoms with Crippen LogP contribution in [-0.2, 0) is 4.89 Å². The van der Waals surface area contributed by atoms with Crippen LogP contribution in [0.2, 0.25) is 0 Å². The van der Waals surface area contributed by atoms with Gasteiger partial charge in [-0.1, -0.05) is 52.3 Å². The van der Waals surface area contributed by atoms with Crippen molar-refractivity contribution in [2.24, 2.45) is 46.3 Å². The predicted octanol–water partition coefficient (Wildman–Crippen LogP) is 7.41. The standard InChI is InChI=1S/C29H48O3/c1-7-29(32-31,19(2)3)17-12-20(4)24-10-11-25-23-9-8-21-18-22(30)13-15-27(21,5)26(23)14-16-28(24,25)6/h7,9,19-22,24-26,30-31H,1,8,10-18H2,2-6H3. The average Bonchev–Trinajstić information content (AvgIpc) is 3.12. The fourth-order valence-electron chi connectivity index (χ4n) is 8.93. The second-order valence-corrected chi connectivity index (χ2v) is 12.8. The lowest BCUT2D eigenvalue weighted by Crippen LogP contribution is -2.50. The highest BCUT2D eigenvalue weighted by atomic mass is 17.1. The van der Waals surface area contributed by atoms with Crippen LogP contribution in [0, 0.1) is 46.3 Å². The Labute approximate surface area is 196 Å². The van der Waals surface area contributed by atoms with Crippen molar-refractivity contribution < 1.29 is 15.3 Å². The highest BCUT2D eigenvalue weighted by Crippen LogP contribution is 2.67. The minimum absolute atomic E-state index is 0.0787. The molecule has 4 rings (SSSR count). The molecule has 0 bridgehead atoms. The molecular formula is C29H48O3. The molecule has 0 saturated heterocycles. The number of aliphatic hydroxyl groups excluding tert-OH is 1. The van der Waals surface area contributed by atoms with E-state index >= 15 is 0 Å². The molecule has 3 heteroatoms. The average molecular weight is 445 g/mol. The molecule has 0 amide bonds. The quantitative estimate of drug-likeness (QED) is 0.244. The maximum absolute atomic E-state index is 10.3. The molecule has 0 aromatic heterocycles. The number of allylic oxidation sites excluding steroid dienone is 2. The van der Waals surface area contributed by atoms with Crippen molar-refractivity contribution in [2.45, 2.75) is 111 Å². The van der Waals surface area contributed by atoms with E-state index in [-0.39, 0.29) is 12.0 Å². The van der Waals surface area contributed by atoms with Crippen molar-refractivity contribution in [3.63, 3.8) is 0 Å². The molecule has 9 unspecified atom stereocenters. The molecule has 32 heavy (non-hydrogen) atoms. The fourth-order valence-corrected chi connectivity index (χ4v) is 8.93. The van der Waals surface area contributed by atoms with Crippen molar-refractivity contribution in [3.8, 4) is 0 Å². The Morgan fingerprint density at radius 1 is 1.12 bits per heavy atom. The molecule has 0 aromatic carbocycles. The van der Waals surface area contributed by atoms with Crippen LogP contribution in [0.4, 0.5) is 0 Å². The first-order valence-electron chi connectivity index (χ1n) is 13.5. The normalized spacial score (nSPS) is 44.1. The van der Waals surface area contributed by atoms with Gasteiger partial charge in [-0.2, -0.15) is 0 Å². The Balaban J connectivity index is 1.50. The smallest absolute Gasteiger partial charge is 0.123 e. The molecule has 3 saturated carbocycles. The largest absolute Gasteiger partial charge is 0.393 e. The van der Waals surface area contributed by atoms with Gasteiger partial charge in [0.25, 0.3) is 0 Å². The van der Waals surface area contributed by atoms with Crippen molar-refractivity contribution in [1.82, 2.24) is 0 Å². The van der Waals surface area contributed by atoms with E-state index in [1.165, 1.54) is 38.5 Å². The van der Waals surface area contributed by atoms with Gasteiger partial charge in [0.15, 0.2) is 0 Å². The maximum Gasteiger partial charge on any atom is 0.123 e. The maximum atomic E-state index is 10.3. The van der Waals surface area contributed by atoms with Crippen LogP contribution in [-0.4, -0.2) is 22.1 Å². The van der Waals surface area contributed by atoms with Gasteiger partial charge >= 0.3 is 0 Å². The third-order valence-corrected chi connectivity index (χ3v) is 11.3. The van der Waals surface area contributed by atoms with Gasteiger partial charge in [-0.3, -0.25) is 5.26 Å². The molecule has 3 nitrogen and oxygen atoms in total. The molecule has 4 aliphatic rings. The molecule has 9 atom stereocenters. The van der Waals surface area contributed by atoms with E-state index in [0.717, 1.165) is 43.4 Å². The van der Waals surface area contributed by atoms with Gasteiger partial charge < -0.3 is 5.11 Å². The minimum Gasteiger partial charge on any atom is -0.393 e. The van der Waals surface area contributed by atoms with Gasteiger partial charge in [-0.15, -0.1) is 6.58 Å². The number of hydrogen-bond donors (Lipinski definition) is 2. The molecule has 4 aliphatic carbocycles. The second kappa shape index (κ2) is 8.86. The fraction of sp³-hybridized carbons (Fsp3) is 0.862. The van der Waals surface area contributed by atoms with Crippen molar-refractivity contribution >= 4 is 0 Å². The van der Waals surface area contributed by atoms with Crippen LogP contribution in [0.1, 0.15) is 98.8 Å². The van der Waals surface area contributed by atoms with E-state index in [9.17, 15) is 10.4 Å². The number of rotatable bonds is 7. The molecule has 3 fully saturated rings. The van der Waals surface area contributed by atoms with Crippen LogP contribution in [0.25, 0.3) is 0 Å². The first-order chi connectivity index (χ1) is 15.1. The Bertz CT molecular complexity index is 728. The summed E-state index contributed by atoms with van der Waals surface area (Å²) in [5, 5.41) is 19.9. The molecule has 0 aliphatic heterocycles. The Hall–Kier alpha value is -0.640. The lowest BCUT2D eigenvalue weighted by molar-refractivity contribution is -0.321. The van der Waals surface area contributed by atoms with E-state index < -0.39 is 5.60 Å². The van der Waals surface area contributed by atoms with Crippen LogP contribution >= 0.6 is 0 Å². The van der Waals surface area contributed by atoms with E-state index in [0.29, 0.717) is 22.7 Å². The van der Waals surface area contributed by atoms with Crippen molar-refractivity contribution in [2.75, 3.05) is 0 Å². The van der Waals surface area contributed by atoms with E-state index in [2.05, 4.69) is 47.3 Å². The van der Waals surface area contributed by atoms with Gasteiger partial charge in [-0.05, 0) is 111 Å². The van der Waals surface area contributed by atoms with E-state index in [1.54, 1.807) is 11.6 Å². The second-order valence-electron chi connectivity index (χ2n) is 12.8. The summed E-state index contributed by atoms with van der Waals surface area (Å²) in [7, 11) is 0. The Morgan fingerprint density at radius 2 is 1.81 bits per heavy atom. The molecular weight excluding hydrogens is 396 g/mol. The van der Waals surface area contributed by atoms with Crippen molar-refractivity contribution in [3.05, 3.63) is 24.3 Å². The molecule has 0 heterocycles. The summed E-state index contributed by atoms with van der Waals surface area (Å²) in [5.41, 5.74) is 1.96. The minimum atomic E-state index is -0.633. The van der Waals surface area contributed by atoms with Crippen LogP contribution < -0.4 is 0 Å². The summed E-state index contributed by atoms with van der Waals surface area (Å²) >= 11 is 0. The summed E-state index contributed by atoms with van der Waals surface area (Å²) in [6.07, 6.45) is 16.0. The Kier molecular flexibility index (Phi) is 6.78. The molecule has 0 radical (unpaired) electrons. The predicted molar refractivity (Wildman–Crippen MR) is 131 cm³/mol. The summed E-state index contributed by atoms with van der Waals surface area (Å²) in [5.74, 6) is 3.70. The van der Waals surface area contributed by atoms with Crippen LogP contribution in [0.15, 0.2) is 24.3 Å². The summed E-state index contributed by atoms with van der Waals surface area (Å²) < 4.78 is 0. The summed E-state index contributed by atoms with van der Waals surface area (Å²) in [6.45, 7) is 15.7. The molecule has 0 spiro atoms. The summed E-state index contributed by atoms with van der Waals surface area (Å²) in [6, 6.07) is 0. The van der Waals surface area contributed by atoms with Crippen LogP contribution in [0.3, 0.4) is 0 Å². The molecule has 2 N–H and O–H groups in total. The Morgan fingerprint density at radius 3 is 2.47 bits per heavy atom. The third kappa shape index (κ3) is 3.75. The third-order valence-electron chi connectivity index (χ3n) is 11.3. The van der Waals surface area contributed by atoms with Crippen LogP contribution in [0.5, 0.6) is 0 Å². The first-order valence-corrected chi connectivity index (χ1v) is 13.5. The number of fused-ring (bicyclic) bond motifs is 5. The zero-order chi connectivity index (χ0) is 23.3. The topological polar surface area (TPSA) is 49.7 Å². The van der Waals surface area contributed by atoms with Gasteiger partial charge in [0.1, 0.15) is 5.60 Å². The van der Waals surface area contributed by atoms with Gasteiger partial charge in [0.05, 0.1) is 6.10 Å². The first kappa shape index (κ1) is 24.5. The van der Waals surface area contributed by atoms with Crippen molar-refractivity contribution in [1.29, 1.82) is 0 Å². The highest BCUT2D eigenvalue weighted by molar-refractivity contribution is 5.27. The van der Waals surface area contributed by atoms with E-state index in [1.807, 2.05) is 0 Å². The zero-order valence-corrected chi connectivity index (χ0v) is 21.3. The number of hydrogen-bond acceptors (Lipinski definition) is 3. The highest BCUT2D eigenvalue weighted by Gasteiger charge is 2.58. The monoisotopic (exact) mass is 444 g/mol. The number of aliphatic hydroxyl groups is 1.